The fraction of sp³-hybridized carbons (Fsp3) is 0.440. The molecule has 6 amide bonds. The van der Waals surface area contributed by atoms with Gasteiger partial charge in [0.15, 0.2) is 5.82 Å². The van der Waals surface area contributed by atoms with E-state index in [1.807, 2.05) is 32.0 Å². The van der Waals surface area contributed by atoms with Crippen LogP contribution in [0.4, 0.5) is 17.2 Å². The van der Waals surface area contributed by atoms with Crippen molar-refractivity contribution in [3.05, 3.63) is 105 Å². The molecule has 1 saturated heterocycles. The highest BCUT2D eigenvalue weighted by molar-refractivity contribution is 9.10. The highest BCUT2D eigenvalue weighted by Gasteiger charge is 2.41. The Kier molecular flexibility index (Phi) is 18.3. The zero-order valence-electron chi connectivity index (χ0n) is 39.5. The summed E-state index contributed by atoms with van der Waals surface area (Å²) in [5.41, 5.74) is 4.06. The number of ether oxygens (including phenoxy) is 2. The van der Waals surface area contributed by atoms with E-state index in [1.54, 1.807) is 55.6 Å². The average molecular weight is 1030 g/mol. The van der Waals surface area contributed by atoms with E-state index in [1.165, 1.54) is 4.90 Å². The Labute approximate surface area is 418 Å². The summed E-state index contributed by atoms with van der Waals surface area (Å²) < 4.78 is 12.4. The van der Waals surface area contributed by atoms with Gasteiger partial charge in [0.25, 0.3) is 11.8 Å². The lowest BCUT2D eigenvalue weighted by Crippen LogP contribution is -2.52. The minimum atomic E-state index is -0.710. The smallest absolute Gasteiger partial charge is 0.255 e. The van der Waals surface area contributed by atoms with Crippen LogP contribution in [0.1, 0.15) is 103 Å². The molecule has 1 fully saturated rings. The number of methoxy groups -OCH3 is 1. The van der Waals surface area contributed by atoms with Crippen molar-refractivity contribution < 1.29 is 39.7 Å². The number of rotatable bonds is 21. The molecular formula is C50H63BrClN9O8. The molecule has 17 nitrogen and oxygen atoms in total. The number of nitrogens with zero attached hydrogens (tertiary/aromatic N) is 5. The quantitative estimate of drug-likeness (QED) is 0.0544. The van der Waals surface area contributed by atoms with Crippen LogP contribution in [0.3, 0.4) is 0 Å². The van der Waals surface area contributed by atoms with Gasteiger partial charge in [0, 0.05) is 92.9 Å². The molecule has 0 saturated carbocycles. The average Bonchev–Trinajstić information content (AvgIpc) is 3.63. The second-order valence-electron chi connectivity index (χ2n) is 18.0. The lowest BCUT2D eigenvalue weighted by atomic mass is 9.91. The highest BCUT2D eigenvalue weighted by atomic mass is 79.9. The fourth-order valence-electron chi connectivity index (χ4n) is 8.80. The third kappa shape index (κ3) is 13.2. The second kappa shape index (κ2) is 24.1. The van der Waals surface area contributed by atoms with E-state index >= 15 is 0 Å². The van der Waals surface area contributed by atoms with Crippen LogP contribution >= 0.6 is 28.3 Å². The van der Waals surface area contributed by atoms with Gasteiger partial charge in [-0.05, 0) is 81.6 Å². The van der Waals surface area contributed by atoms with Crippen molar-refractivity contribution in [3.63, 3.8) is 0 Å². The molecule has 3 aliphatic heterocycles. The summed E-state index contributed by atoms with van der Waals surface area (Å²) in [4.78, 5) is 91.3. The van der Waals surface area contributed by atoms with Crippen LogP contribution in [0.25, 0.3) is 0 Å². The van der Waals surface area contributed by atoms with Gasteiger partial charge in [-0.15, -0.1) is 12.4 Å². The molecule has 4 aromatic rings. The molecule has 1 atom stereocenters. The summed E-state index contributed by atoms with van der Waals surface area (Å²) in [5, 5.41) is 11.5. The molecule has 3 aromatic carbocycles. The van der Waals surface area contributed by atoms with Gasteiger partial charge in [-0.3, -0.25) is 34.1 Å². The second-order valence-corrected chi connectivity index (χ2v) is 18.9. The number of benzene rings is 3. The molecule has 7 rings (SSSR count). The summed E-state index contributed by atoms with van der Waals surface area (Å²) >= 11 is 3.51. The molecule has 0 bridgehead atoms. The number of unbranched alkanes of at least 4 members (excludes halogenated alkanes) is 3. The first-order chi connectivity index (χ1) is 32.7. The van der Waals surface area contributed by atoms with Gasteiger partial charge >= 0.3 is 0 Å². The molecular weight excluding hydrogens is 970 g/mol. The van der Waals surface area contributed by atoms with Gasteiger partial charge in [-0.25, -0.2) is 9.97 Å². The maximum absolute atomic E-state index is 13.5. The number of aromatic nitrogens is 2. The number of nitrogens with one attached hydrogen (secondary N) is 4. The van der Waals surface area contributed by atoms with E-state index in [-0.39, 0.29) is 62.8 Å². The van der Waals surface area contributed by atoms with E-state index < -0.39 is 17.4 Å². The predicted octanol–water partition coefficient (Wildman–Crippen LogP) is 6.20. The number of hydrogen-bond acceptors (Lipinski definition) is 12. The molecule has 3 aliphatic rings. The zero-order valence-corrected chi connectivity index (χ0v) is 41.9. The van der Waals surface area contributed by atoms with Gasteiger partial charge in [0.2, 0.25) is 23.6 Å². The van der Waals surface area contributed by atoms with Crippen LogP contribution in [0.15, 0.2) is 71.3 Å². The van der Waals surface area contributed by atoms with Crippen molar-refractivity contribution in [2.24, 2.45) is 5.41 Å². The first kappa shape index (κ1) is 52.4. The van der Waals surface area contributed by atoms with E-state index in [0.29, 0.717) is 97.7 Å². The van der Waals surface area contributed by atoms with Crippen LogP contribution in [-0.4, -0.2) is 110 Å². The normalized spacial score (nSPS) is 16.3. The topological polar surface area (TPSA) is 204 Å². The number of amides is 6. The van der Waals surface area contributed by atoms with Gasteiger partial charge < -0.3 is 40.1 Å². The van der Waals surface area contributed by atoms with Crippen molar-refractivity contribution in [2.45, 2.75) is 84.3 Å². The van der Waals surface area contributed by atoms with Crippen molar-refractivity contribution in [1.82, 2.24) is 30.8 Å². The largest absolute Gasteiger partial charge is 0.496 e. The molecule has 0 spiro atoms. The molecule has 4 heterocycles. The maximum Gasteiger partial charge on any atom is 0.255 e. The van der Waals surface area contributed by atoms with Gasteiger partial charge in [0.05, 0.1) is 31.9 Å². The Morgan fingerprint density at radius 1 is 0.971 bits per heavy atom. The number of anilines is 3. The lowest BCUT2D eigenvalue weighted by molar-refractivity contribution is -0.137. The molecule has 1 aromatic heterocycles. The third-order valence-corrected chi connectivity index (χ3v) is 13.0. The van der Waals surface area contributed by atoms with E-state index in [2.05, 4.69) is 59.2 Å². The number of carbonyl (C=O) groups excluding carboxylic acids is 6. The number of halogens is 2. The van der Waals surface area contributed by atoms with E-state index in [0.717, 1.165) is 47.8 Å². The number of carbonyl (C=O) groups is 6. The first-order valence-corrected chi connectivity index (χ1v) is 23.9. The standard InChI is InChI=1S/C50H60BrN9O8.ClH.H2/c1-50(2)31-59(29-32-13-17-35(51)18-14-32)45-40(58(3)49(50)66)28-54-42(56-45)27-33-15-16-34(26-41(33)67-4)46(63)53-23-25-68-24-22-52-21-8-6-5-7-12-43(61)55-38-11-9-10-36-37(38)30-60(48(36)65)39-19-20-44(62)57-47(39)64;;/h9-11,13-18,26,28,39,52H,5-8,12,19-25,27,29-31H2,1-4H3,(H,53,63)(H,55,61)(H,57,62,64);2*1H. The predicted molar refractivity (Wildman–Crippen MR) is 270 cm³/mol. The Balaban J connectivity index is 0.00000456. The Morgan fingerprint density at radius 2 is 1.74 bits per heavy atom. The zero-order chi connectivity index (χ0) is 48.4. The molecule has 1 unspecified atom stereocenters. The van der Waals surface area contributed by atoms with E-state index in [9.17, 15) is 28.8 Å². The number of hydrogen-bond donors (Lipinski definition) is 4. The van der Waals surface area contributed by atoms with Crippen molar-refractivity contribution in [3.8, 4) is 5.75 Å². The third-order valence-electron chi connectivity index (χ3n) is 12.4. The lowest BCUT2D eigenvalue weighted by Gasteiger charge is -2.29. The molecule has 370 valence electrons. The van der Waals surface area contributed by atoms with Crippen LogP contribution in [0.5, 0.6) is 5.75 Å². The molecule has 19 heteroatoms. The van der Waals surface area contributed by atoms with Crippen LogP contribution in [0.2, 0.25) is 0 Å². The van der Waals surface area contributed by atoms with Crippen molar-refractivity contribution >= 4 is 81.0 Å². The van der Waals surface area contributed by atoms with Crippen LogP contribution in [0, 0.1) is 5.41 Å². The maximum atomic E-state index is 13.5. The first-order valence-electron chi connectivity index (χ1n) is 23.2. The Morgan fingerprint density at radius 3 is 2.51 bits per heavy atom. The summed E-state index contributed by atoms with van der Waals surface area (Å²) in [5.74, 6) is 0.318. The number of piperidine rings is 1. The van der Waals surface area contributed by atoms with Gasteiger partial charge in [-0.1, -0.05) is 53.0 Å². The van der Waals surface area contributed by atoms with E-state index in [4.69, 9.17) is 14.5 Å². The molecule has 69 heavy (non-hydrogen) atoms. The fourth-order valence-corrected chi connectivity index (χ4v) is 9.06. The van der Waals surface area contributed by atoms with Crippen LogP contribution in [-0.2, 0) is 43.4 Å². The monoisotopic (exact) mass is 1030 g/mol. The Bertz CT molecular complexity index is 2530. The Hall–Kier alpha value is -5.95. The van der Waals surface area contributed by atoms with Crippen molar-refractivity contribution in [1.29, 1.82) is 0 Å². The summed E-state index contributed by atoms with van der Waals surface area (Å²) in [6.45, 7) is 7.82. The molecule has 4 N–H and O–H groups in total. The molecule has 0 radical (unpaired) electrons. The number of fused-ring (bicyclic) bond motifs is 2. The summed E-state index contributed by atoms with van der Waals surface area (Å²) in [7, 11) is 3.33. The molecule has 0 aliphatic carbocycles. The van der Waals surface area contributed by atoms with Gasteiger partial charge in [0.1, 0.15) is 23.3 Å². The number of imide groups is 1. The minimum Gasteiger partial charge on any atom is -0.496 e. The van der Waals surface area contributed by atoms with Crippen molar-refractivity contribution in [2.75, 3.05) is 68.7 Å². The summed E-state index contributed by atoms with van der Waals surface area (Å²) in [6, 6.07) is 17.9. The van der Waals surface area contributed by atoms with Crippen LogP contribution < -0.4 is 35.8 Å². The van der Waals surface area contributed by atoms with Gasteiger partial charge in [-0.2, -0.15) is 0 Å². The minimum absolute atomic E-state index is 0. The summed E-state index contributed by atoms with van der Waals surface area (Å²) in [6.07, 6.45) is 6.42. The highest BCUT2D eigenvalue weighted by Crippen LogP contribution is 2.38. The SMILES string of the molecule is COc1cc(C(=O)NCCOCCNCCCCCCC(=O)Nc2cccc3c2CN(C2CCC(=O)NC2=O)C3=O)ccc1Cc1ncc2c(n1)N(Cc1ccc(Br)cc1)CC(C)(C)C(=O)N2C.Cl.[HH].